The SMILES string of the molecule is CC(C)C1[N-]C(C#N)(c2ccc(F)cc2)C(c2ccccc2)=C1C(=O)Nc1ccccc1. The monoisotopic (exact) mass is 424 g/mol. The molecule has 1 amide bonds. The number of anilines is 1. The minimum atomic E-state index is -1.42. The van der Waals surface area contributed by atoms with Gasteiger partial charge in [0.05, 0.1) is 6.07 Å². The maximum Gasteiger partial charge on any atom is 0.250 e. The Bertz CT molecular complexity index is 1180. The zero-order valence-electron chi connectivity index (χ0n) is 17.9. The second-order valence-electron chi connectivity index (χ2n) is 8.12. The number of nitriles is 1. The van der Waals surface area contributed by atoms with Crippen LogP contribution in [0.2, 0.25) is 0 Å². The van der Waals surface area contributed by atoms with Gasteiger partial charge in [-0.15, -0.1) is 6.04 Å². The molecule has 4 rings (SSSR count). The lowest BCUT2D eigenvalue weighted by Gasteiger charge is -2.42. The molecule has 0 radical (unpaired) electrons. The van der Waals surface area contributed by atoms with Crippen LogP contribution >= 0.6 is 0 Å². The molecule has 4 nitrogen and oxygen atoms in total. The highest BCUT2D eigenvalue weighted by atomic mass is 19.1. The van der Waals surface area contributed by atoms with E-state index in [9.17, 15) is 14.4 Å². The van der Waals surface area contributed by atoms with Crippen LogP contribution in [0.15, 0.2) is 90.5 Å². The number of benzene rings is 3. The molecule has 0 saturated heterocycles. The van der Waals surface area contributed by atoms with E-state index in [4.69, 9.17) is 5.32 Å². The number of halogens is 1. The summed E-state index contributed by atoms with van der Waals surface area (Å²) in [6.07, 6.45) is 0. The Morgan fingerprint density at radius 3 is 2.16 bits per heavy atom. The van der Waals surface area contributed by atoms with Crippen molar-refractivity contribution in [3.05, 3.63) is 113 Å². The largest absolute Gasteiger partial charge is 0.630 e. The molecule has 1 aliphatic rings. The van der Waals surface area contributed by atoms with E-state index >= 15 is 0 Å². The van der Waals surface area contributed by atoms with Crippen molar-refractivity contribution in [3.8, 4) is 6.07 Å². The van der Waals surface area contributed by atoms with Gasteiger partial charge < -0.3 is 10.6 Å². The van der Waals surface area contributed by atoms with Crippen molar-refractivity contribution in [3.63, 3.8) is 0 Å². The van der Waals surface area contributed by atoms with Gasteiger partial charge in [0.25, 0.3) is 0 Å². The van der Waals surface area contributed by atoms with Crippen molar-refractivity contribution < 1.29 is 9.18 Å². The first-order valence-electron chi connectivity index (χ1n) is 10.5. The maximum atomic E-state index is 13.7. The van der Waals surface area contributed by atoms with E-state index < -0.39 is 17.4 Å². The molecule has 3 aromatic rings. The molecular weight excluding hydrogens is 401 g/mol. The van der Waals surface area contributed by atoms with Gasteiger partial charge in [0, 0.05) is 16.8 Å². The smallest absolute Gasteiger partial charge is 0.250 e. The van der Waals surface area contributed by atoms with Crippen LogP contribution in [0.4, 0.5) is 10.1 Å². The molecule has 0 fully saturated rings. The fourth-order valence-corrected chi connectivity index (χ4v) is 4.16. The first kappa shape index (κ1) is 21.5. The van der Waals surface area contributed by atoms with Crippen LogP contribution in [0.5, 0.6) is 0 Å². The van der Waals surface area contributed by atoms with Crippen LogP contribution in [-0.2, 0) is 10.3 Å². The lowest BCUT2D eigenvalue weighted by molar-refractivity contribution is -0.113. The predicted octanol–water partition coefficient (Wildman–Crippen LogP) is 6.05. The molecule has 2 atom stereocenters. The third-order valence-corrected chi connectivity index (χ3v) is 5.65. The van der Waals surface area contributed by atoms with Gasteiger partial charge in [-0.2, -0.15) is 5.26 Å². The van der Waals surface area contributed by atoms with E-state index in [1.165, 1.54) is 12.1 Å². The minimum absolute atomic E-state index is 0.0269. The third-order valence-electron chi connectivity index (χ3n) is 5.65. The summed E-state index contributed by atoms with van der Waals surface area (Å²) >= 11 is 0. The van der Waals surface area contributed by atoms with E-state index in [0.29, 0.717) is 22.4 Å². The van der Waals surface area contributed by atoms with E-state index in [2.05, 4.69) is 11.4 Å². The molecule has 0 spiro atoms. The van der Waals surface area contributed by atoms with Crippen LogP contribution in [0, 0.1) is 23.1 Å². The maximum absolute atomic E-state index is 13.7. The quantitative estimate of drug-likeness (QED) is 0.542. The fraction of sp³-hybridized carbons (Fsp3) is 0.185. The van der Waals surface area contributed by atoms with Crippen molar-refractivity contribution in [1.82, 2.24) is 0 Å². The zero-order chi connectivity index (χ0) is 22.7. The second kappa shape index (κ2) is 8.78. The molecule has 2 unspecified atom stereocenters. The average Bonchev–Trinajstić information content (AvgIpc) is 3.18. The van der Waals surface area contributed by atoms with Gasteiger partial charge in [-0.3, -0.25) is 4.79 Å². The van der Waals surface area contributed by atoms with Crippen molar-refractivity contribution in [1.29, 1.82) is 5.26 Å². The second-order valence-corrected chi connectivity index (χ2v) is 8.12. The van der Waals surface area contributed by atoms with Gasteiger partial charge in [-0.05, 0) is 41.0 Å². The van der Waals surface area contributed by atoms with Crippen LogP contribution in [0.25, 0.3) is 10.9 Å². The zero-order valence-corrected chi connectivity index (χ0v) is 17.9. The van der Waals surface area contributed by atoms with Crippen LogP contribution in [-0.4, -0.2) is 11.9 Å². The first-order valence-corrected chi connectivity index (χ1v) is 10.5. The van der Waals surface area contributed by atoms with E-state index in [1.54, 1.807) is 12.1 Å². The minimum Gasteiger partial charge on any atom is -0.630 e. The summed E-state index contributed by atoms with van der Waals surface area (Å²) in [7, 11) is 0. The summed E-state index contributed by atoms with van der Waals surface area (Å²) in [4.78, 5) is 13.6. The van der Waals surface area contributed by atoms with Gasteiger partial charge in [-0.1, -0.05) is 80.4 Å². The number of hydrogen-bond acceptors (Lipinski definition) is 2. The Hall–Kier alpha value is -3.75. The Kier molecular flexibility index (Phi) is 5.89. The van der Waals surface area contributed by atoms with Crippen molar-refractivity contribution in [2.45, 2.75) is 25.4 Å². The van der Waals surface area contributed by atoms with Gasteiger partial charge in [0.15, 0.2) is 0 Å². The standard InChI is InChI=1S/C27H23FN3O/c1-18(2)25-23(26(32)30-22-11-7-4-8-12-22)24(19-9-5-3-6-10-19)27(17-29,31-25)20-13-15-21(28)16-14-20/h3-16,18,25H,1-2H3,(H,30,32)/q-1. The van der Waals surface area contributed by atoms with Crippen molar-refractivity contribution >= 4 is 17.2 Å². The number of hydrogen-bond donors (Lipinski definition) is 1. The summed E-state index contributed by atoms with van der Waals surface area (Å²) in [5.74, 6) is -0.717. The summed E-state index contributed by atoms with van der Waals surface area (Å²) < 4.78 is 13.7. The first-order chi connectivity index (χ1) is 15.5. The molecule has 160 valence electrons. The topological polar surface area (TPSA) is 67.0 Å². The summed E-state index contributed by atoms with van der Waals surface area (Å²) in [5, 5.41) is 18.3. The number of para-hydroxylation sites is 1. The highest BCUT2D eigenvalue weighted by Gasteiger charge is 2.41. The summed E-state index contributed by atoms with van der Waals surface area (Å²) in [6.45, 7) is 3.95. The van der Waals surface area contributed by atoms with Crippen molar-refractivity contribution in [2.24, 2.45) is 5.92 Å². The fourth-order valence-electron chi connectivity index (χ4n) is 4.16. The number of nitrogens with one attached hydrogen (secondary N) is 1. The van der Waals surface area contributed by atoms with E-state index in [1.807, 2.05) is 74.5 Å². The van der Waals surface area contributed by atoms with Crippen LogP contribution in [0.3, 0.4) is 0 Å². The lowest BCUT2D eigenvalue weighted by Crippen LogP contribution is -2.26. The Balaban J connectivity index is 1.96. The molecule has 0 aromatic heterocycles. The van der Waals surface area contributed by atoms with Crippen molar-refractivity contribution in [2.75, 3.05) is 5.32 Å². The number of nitrogens with zero attached hydrogens (tertiary/aromatic N) is 2. The molecule has 0 saturated carbocycles. The van der Waals surface area contributed by atoms with Gasteiger partial charge >= 0.3 is 0 Å². The van der Waals surface area contributed by atoms with Crippen LogP contribution in [0.1, 0.15) is 25.0 Å². The summed E-state index contributed by atoms with van der Waals surface area (Å²) in [6, 6.07) is 26.2. The molecular formula is C27H23FN3O-. The lowest BCUT2D eigenvalue weighted by atomic mass is 9.80. The Labute approximate surface area is 187 Å². The molecule has 0 bridgehead atoms. The van der Waals surface area contributed by atoms with E-state index in [0.717, 1.165) is 5.56 Å². The number of rotatable bonds is 5. The third kappa shape index (κ3) is 3.81. The average molecular weight is 424 g/mol. The molecule has 0 aliphatic carbocycles. The Morgan fingerprint density at radius 2 is 1.59 bits per heavy atom. The number of carbonyl (C=O) groups is 1. The molecule has 1 aliphatic heterocycles. The van der Waals surface area contributed by atoms with Gasteiger partial charge in [0.2, 0.25) is 5.91 Å². The van der Waals surface area contributed by atoms with Gasteiger partial charge in [-0.25, -0.2) is 4.39 Å². The molecule has 3 aromatic carbocycles. The predicted molar refractivity (Wildman–Crippen MR) is 124 cm³/mol. The summed E-state index contributed by atoms with van der Waals surface area (Å²) in [5.41, 5.74) is 1.52. The number of carbonyl (C=O) groups excluding carboxylic acids is 1. The molecule has 1 N–H and O–H groups in total. The van der Waals surface area contributed by atoms with E-state index in [-0.39, 0.29) is 11.8 Å². The van der Waals surface area contributed by atoms with Crippen LogP contribution < -0.4 is 5.32 Å². The number of amides is 1. The molecule has 32 heavy (non-hydrogen) atoms. The Morgan fingerprint density at radius 1 is 1.00 bits per heavy atom. The normalized spacial score (nSPS) is 20.3. The highest BCUT2D eigenvalue weighted by Crippen LogP contribution is 2.54. The molecule has 1 heterocycles. The molecule has 5 heteroatoms. The highest BCUT2D eigenvalue weighted by molar-refractivity contribution is 6.14. The van der Waals surface area contributed by atoms with Gasteiger partial charge in [0.1, 0.15) is 5.82 Å².